The Labute approximate surface area is 125 Å². The molecule has 2 atom stereocenters. The zero-order valence-electron chi connectivity index (χ0n) is 12.8. The normalized spacial score (nSPS) is 19.3. The predicted octanol–water partition coefficient (Wildman–Crippen LogP) is -0.739. The lowest BCUT2D eigenvalue weighted by Gasteiger charge is -2.22. The lowest BCUT2D eigenvalue weighted by atomic mass is 10.0. The Hall–Kier alpha value is -1.63. The minimum atomic E-state index is -0.576. The van der Waals surface area contributed by atoms with Gasteiger partial charge in [-0.2, -0.15) is 0 Å². The van der Waals surface area contributed by atoms with Crippen LogP contribution in [0.2, 0.25) is 0 Å². The molecule has 120 valence electrons. The van der Waals surface area contributed by atoms with E-state index in [4.69, 9.17) is 5.73 Å². The fraction of sp³-hybridized carbons (Fsp3) is 0.786. The summed E-state index contributed by atoms with van der Waals surface area (Å²) < 4.78 is 0. The van der Waals surface area contributed by atoms with E-state index in [-0.39, 0.29) is 36.7 Å². The zero-order valence-corrected chi connectivity index (χ0v) is 12.8. The molecule has 1 saturated heterocycles. The molecule has 0 aromatic carbocycles. The smallest absolute Gasteiger partial charge is 0.242 e. The summed E-state index contributed by atoms with van der Waals surface area (Å²) in [5.74, 6) is -0.594. The molecule has 1 fully saturated rings. The van der Waals surface area contributed by atoms with Crippen molar-refractivity contribution in [3.05, 3.63) is 0 Å². The van der Waals surface area contributed by atoms with Crippen LogP contribution in [-0.2, 0) is 14.4 Å². The topological polar surface area (TPSA) is 113 Å². The molecule has 7 heteroatoms. The maximum absolute atomic E-state index is 12.1. The van der Waals surface area contributed by atoms with Gasteiger partial charge < -0.3 is 21.7 Å². The standard InChI is InChI=1S/C14H26N4O3/c1-9(2)8-11(13(20)17-7-5-12(15)19)18-14(21)10-4-3-6-16-10/h9-11,16H,3-8H2,1-2H3,(H2,15,19)(H,17,20)(H,18,21)/t10-,11-/m0/s1. The number of carbonyl (C=O) groups is 3. The van der Waals surface area contributed by atoms with Gasteiger partial charge in [-0.3, -0.25) is 14.4 Å². The molecule has 0 saturated carbocycles. The first-order valence-corrected chi connectivity index (χ1v) is 7.50. The molecule has 1 rings (SSSR count). The van der Waals surface area contributed by atoms with Gasteiger partial charge in [-0.1, -0.05) is 13.8 Å². The molecule has 5 N–H and O–H groups in total. The highest BCUT2D eigenvalue weighted by Gasteiger charge is 2.27. The van der Waals surface area contributed by atoms with Crippen LogP contribution in [0, 0.1) is 5.92 Å². The second kappa shape index (κ2) is 8.61. The summed E-state index contributed by atoms with van der Waals surface area (Å²) >= 11 is 0. The van der Waals surface area contributed by atoms with Gasteiger partial charge >= 0.3 is 0 Å². The van der Waals surface area contributed by atoms with E-state index in [9.17, 15) is 14.4 Å². The highest BCUT2D eigenvalue weighted by molar-refractivity contribution is 5.90. The lowest BCUT2D eigenvalue weighted by molar-refractivity contribution is -0.130. The Balaban J connectivity index is 2.50. The van der Waals surface area contributed by atoms with Crippen molar-refractivity contribution in [3.63, 3.8) is 0 Å². The Kier molecular flexibility index (Phi) is 7.14. The van der Waals surface area contributed by atoms with E-state index in [0.29, 0.717) is 6.42 Å². The van der Waals surface area contributed by atoms with Gasteiger partial charge in [0.25, 0.3) is 0 Å². The van der Waals surface area contributed by atoms with Crippen LogP contribution in [0.1, 0.15) is 39.5 Å². The maximum Gasteiger partial charge on any atom is 0.242 e. The van der Waals surface area contributed by atoms with Crippen LogP contribution in [0.4, 0.5) is 0 Å². The van der Waals surface area contributed by atoms with Crippen LogP contribution in [0.5, 0.6) is 0 Å². The molecule has 1 aliphatic heterocycles. The van der Waals surface area contributed by atoms with Gasteiger partial charge in [0, 0.05) is 13.0 Å². The van der Waals surface area contributed by atoms with E-state index in [1.54, 1.807) is 0 Å². The molecule has 0 spiro atoms. The maximum atomic E-state index is 12.1. The molecule has 1 aliphatic rings. The molecule has 7 nitrogen and oxygen atoms in total. The van der Waals surface area contributed by atoms with Crippen molar-refractivity contribution in [3.8, 4) is 0 Å². The Morgan fingerprint density at radius 3 is 2.57 bits per heavy atom. The Morgan fingerprint density at radius 2 is 2.05 bits per heavy atom. The van der Waals surface area contributed by atoms with E-state index in [1.165, 1.54) is 0 Å². The largest absolute Gasteiger partial charge is 0.370 e. The molecule has 1 heterocycles. The number of amides is 3. The molecule has 3 amide bonds. The number of primary amides is 1. The van der Waals surface area contributed by atoms with Gasteiger partial charge in [0.2, 0.25) is 17.7 Å². The molecule has 0 aliphatic carbocycles. The van der Waals surface area contributed by atoms with E-state index in [2.05, 4.69) is 16.0 Å². The van der Waals surface area contributed by atoms with Crippen LogP contribution in [0.3, 0.4) is 0 Å². The van der Waals surface area contributed by atoms with Crippen molar-refractivity contribution in [2.24, 2.45) is 11.7 Å². The van der Waals surface area contributed by atoms with Crippen LogP contribution >= 0.6 is 0 Å². The first-order chi connectivity index (χ1) is 9.90. The van der Waals surface area contributed by atoms with E-state index in [0.717, 1.165) is 19.4 Å². The SMILES string of the molecule is CC(C)C[C@H](NC(=O)[C@@H]1CCCN1)C(=O)NCCC(N)=O. The third-order valence-electron chi connectivity index (χ3n) is 3.39. The number of hydrogen-bond donors (Lipinski definition) is 4. The lowest BCUT2D eigenvalue weighted by Crippen LogP contribution is -2.52. The highest BCUT2D eigenvalue weighted by atomic mass is 16.2. The second-order valence-corrected chi connectivity index (χ2v) is 5.85. The van der Waals surface area contributed by atoms with Crippen molar-refractivity contribution in [2.45, 2.75) is 51.6 Å². The summed E-state index contributed by atoms with van der Waals surface area (Å²) in [4.78, 5) is 34.9. The number of rotatable bonds is 8. The van der Waals surface area contributed by atoms with Gasteiger partial charge in [0.05, 0.1) is 6.04 Å². The average Bonchev–Trinajstić information content (AvgIpc) is 2.90. The van der Waals surface area contributed by atoms with Crippen LogP contribution in [0.15, 0.2) is 0 Å². The highest BCUT2D eigenvalue weighted by Crippen LogP contribution is 2.08. The van der Waals surface area contributed by atoms with Crippen molar-refractivity contribution < 1.29 is 14.4 Å². The molecule has 0 radical (unpaired) electrons. The van der Waals surface area contributed by atoms with Gasteiger partial charge in [-0.15, -0.1) is 0 Å². The molecule has 0 aromatic heterocycles. The van der Waals surface area contributed by atoms with Crippen molar-refractivity contribution >= 4 is 17.7 Å². The minimum Gasteiger partial charge on any atom is -0.370 e. The first kappa shape index (κ1) is 17.4. The van der Waals surface area contributed by atoms with E-state index >= 15 is 0 Å². The summed E-state index contributed by atoms with van der Waals surface area (Å²) in [5, 5.41) is 8.55. The summed E-state index contributed by atoms with van der Waals surface area (Å²) in [7, 11) is 0. The second-order valence-electron chi connectivity index (χ2n) is 5.85. The predicted molar refractivity (Wildman–Crippen MR) is 79.2 cm³/mol. The molecular formula is C14H26N4O3. The summed E-state index contributed by atoms with van der Waals surface area (Å²) in [6.45, 7) is 5.01. The summed E-state index contributed by atoms with van der Waals surface area (Å²) in [6.07, 6.45) is 2.42. The number of carbonyl (C=O) groups excluding carboxylic acids is 3. The summed E-state index contributed by atoms with van der Waals surface area (Å²) in [5.41, 5.74) is 5.03. The van der Waals surface area contributed by atoms with Crippen LogP contribution < -0.4 is 21.7 Å². The van der Waals surface area contributed by atoms with Crippen molar-refractivity contribution in [1.82, 2.24) is 16.0 Å². The van der Waals surface area contributed by atoms with Gasteiger partial charge in [-0.25, -0.2) is 0 Å². The zero-order chi connectivity index (χ0) is 15.8. The molecule has 0 aromatic rings. The Morgan fingerprint density at radius 1 is 1.33 bits per heavy atom. The molecular weight excluding hydrogens is 272 g/mol. The van der Waals surface area contributed by atoms with Gasteiger partial charge in [0.1, 0.15) is 6.04 Å². The third kappa shape index (κ3) is 6.57. The summed E-state index contributed by atoms with van der Waals surface area (Å²) in [6, 6.07) is -0.786. The quantitative estimate of drug-likeness (QED) is 0.472. The molecule has 0 bridgehead atoms. The first-order valence-electron chi connectivity index (χ1n) is 7.50. The number of hydrogen-bond acceptors (Lipinski definition) is 4. The third-order valence-corrected chi connectivity index (χ3v) is 3.39. The average molecular weight is 298 g/mol. The van der Waals surface area contributed by atoms with Crippen LogP contribution in [-0.4, -0.2) is 42.9 Å². The molecule has 21 heavy (non-hydrogen) atoms. The fourth-order valence-electron chi connectivity index (χ4n) is 2.32. The fourth-order valence-corrected chi connectivity index (χ4v) is 2.32. The van der Waals surface area contributed by atoms with Gasteiger partial charge in [0.15, 0.2) is 0 Å². The van der Waals surface area contributed by atoms with Gasteiger partial charge in [-0.05, 0) is 31.7 Å². The molecule has 0 unspecified atom stereocenters. The van der Waals surface area contributed by atoms with Crippen LogP contribution in [0.25, 0.3) is 0 Å². The van der Waals surface area contributed by atoms with E-state index in [1.807, 2.05) is 13.8 Å². The van der Waals surface area contributed by atoms with Crippen molar-refractivity contribution in [1.29, 1.82) is 0 Å². The number of nitrogens with two attached hydrogens (primary N) is 1. The van der Waals surface area contributed by atoms with E-state index < -0.39 is 11.9 Å². The van der Waals surface area contributed by atoms with Crippen molar-refractivity contribution in [2.75, 3.05) is 13.1 Å². The monoisotopic (exact) mass is 298 g/mol. The minimum absolute atomic E-state index is 0.0955. The Bertz CT molecular complexity index is 378. The number of nitrogens with one attached hydrogen (secondary N) is 3.